The molecule has 0 fully saturated rings. The average Bonchev–Trinajstić information content (AvgIpc) is 2.73. The van der Waals surface area contributed by atoms with Crippen molar-refractivity contribution in [2.24, 2.45) is 10.2 Å². The van der Waals surface area contributed by atoms with Crippen molar-refractivity contribution in [3.8, 4) is 5.75 Å². The van der Waals surface area contributed by atoms with Gasteiger partial charge in [0.25, 0.3) is 15.7 Å². The minimum absolute atomic E-state index is 0.0217. The number of nitro groups is 1. The summed E-state index contributed by atoms with van der Waals surface area (Å²) < 4.78 is 48.4. The highest BCUT2D eigenvalue weighted by molar-refractivity contribution is 8.04. The van der Waals surface area contributed by atoms with Crippen LogP contribution in [-0.2, 0) is 20.0 Å². The van der Waals surface area contributed by atoms with Gasteiger partial charge in [0.15, 0.2) is 0 Å². The SMILES string of the molecule is Cc1cc(N=Nc2cccc(Nc3ccc(S(=O)(=O)NS(C)(=O)=O)cc3[N+](=O)[O-])c2)ccc1O. The van der Waals surface area contributed by atoms with Gasteiger partial charge in [0.1, 0.15) is 11.4 Å². The van der Waals surface area contributed by atoms with Crippen molar-refractivity contribution in [2.75, 3.05) is 11.6 Å². The normalized spacial score (nSPS) is 12.1. The van der Waals surface area contributed by atoms with Crippen molar-refractivity contribution in [2.45, 2.75) is 11.8 Å². The molecule has 3 N–H and O–H groups in total. The average molecular weight is 506 g/mol. The Hall–Kier alpha value is -3.88. The molecule has 0 saturated carbocycles. The zero-order valence-electron chi connectivity index (χ0n) is 17.8. The number of phenolic OH excluding ortho intramolecular Hbond substituents is 1. The smallest absolute Gasteiger partial charge is 0.294 e. The van der Waals surface area contributed by atoms with Gasteiger partial charge in [-0.15, -0.1) is 4.13 Å². The van der Waals surface area contributed by atoms with Crippen molar-refractivity contribution < 1.29 is 26.9 Å². The summed E-state index contributed by atoms with van der Waals surface area (Å²) >= 11 is 0. The van der Waals surface area contributed by atoms with E-state index >= 15 is 0 Å². The topological polar surface area (TPSA) is 180 Å². The number of nitro benzene ring substituents is 1. The number of aromatic hydroxyl groups is 1. The highest BCUT2D eigenvalue weighted by atomic mass is 32.3. The summed E-state index contributed by atoms with van der Waals surface area (Å²) in [6.07, 6.45) is 0.655. The van der Waals surface area contributed by atoms with E-state index in [1.165, 1.54) is 10.2 Å². The van der Waals surface area contributed by atoms with E-state index in [-0.39, 0.29) is 11.4 Å². The van der Waals surface area contributed by atoms with Crippen LogP contribution in [0.1, 0.15) is 5.56 Å². The lowest BCUT2D eigenvalue weighted by atomic mass is 10.2. The molecule has 0 atom stereocenters. The Morgan fingerprint density at radius 2 is 1.62 bits per heavy atom. The third kappa shape index (κ3) is 6.34. The predicted octanol–water partition coefficient (Wildman–Crippen LogP) is 4.01. The molecule has 0 heterocycles. The van der Waals surface area contributed by atoms with Crippen molar-refractivity contribution >= 4 is 48.5 Å². The number of hydrogen-bond donors (Lipinski definition) is 3. The van der Waals surface area contributed by atoms with Crippen LogP contribution in [0.4, 0.5) is 28.4 Å². The number of anilines is 2. The fourth-order valence-electron chi connectivity index (χ4n) is 2.80. The van der Waals surface area contributed by atoms with Gasteiger partial charge in [-0.05, 0) is 61.0 Å². The van der Waals surface area contributed by atoms with Crippen LogP contribution in [0.3, 0.4) is 0 Å². The number of rotatable bonds is 8. The summed E-state index contributed by atoms with van der Waals surface area (Å²) in [5, 5.41) is 32.2. The second-order valence-corrected chi connectivity index (χ2v) is 10.8. The van der Waals surface area contributed by atoms with Gasteiger partial charge in [-0.3, -0.25) is 10.1 Å². The molecule has 0 spiro atoms. The Kier molecular flexibility index (Phi) is 6.95. The Morgan fingerprint density at radius 1 is 0.941 bits per heavy atom. The molecule has 0 bridgehead atoms. The van der Waals surface area contributed by atoms with Crippen LogP contribution >= 0.6 is 0 Å². The molecule has 0 amide bonds. The van der Waals surface area contributed by atoms with Crippen LogP contribution in [0.25, 0.3) is 0 Å². The van der Waals surface area contributed by atoms with Crippen molar-refractivity contribution in [1.82, 2.24) is 4.13 Å². The number of sulfonamides is 2. The van der Waals surface area contributed by atoms with E-state index < -0.39 is 35.6 Å². The van der Waals surface area contributed by atoms with E-state index in [0.717, 1.165) is 18.2 Å². The van der Waals surface area contributed by atoms with Crippen molar-refractivity contribution in [1.29, 1.82) is 0 Å². The number of phenols is 1. The first kappa shape index (κ1) is 24.8. The molecule has 3 aromatic rings. The molecule has 0 aliphatic heterocycles. The summed E-state index contributed by atoms with van der Waals surface area (Å²) in [4.78, 5) is 10.2. The highest BCUT2D eigenvalue weighted by Crippen LogP contribution is 2.32. The van der Waals surface area contributed by atoms with Crippen LogP contribution in [0.2, 0.25) is 0 Å². The van der Waals surface area contributed by atoms with Gasteiger partial charge in [0.2, 0.25) is 10.0 Å². The van der Waals surface area contributed by atoms with E-state index in [2.05, 4.69) is 15.5 Å². The van der Waals surface area contributed by atoms with E-state index in [0.29, 0.717) is 28.9 Å². The summed E-state index contributed by atoms with van der Waals surface area (Å²) in [5.41, 5.74) is 1.39. The molecule has 0 unspecified atom stereocenters. The molecule has 0 radical (unpaired) electrons. The third-order valence-corrected chi connectivity index (χ3v) is 7.29. The van der Waals surface area contributed by atoms with Gasteiger partial charge >= 0.3 is 0 Å². The molecule has 178 valence electrons. The Morgan fingerprint density at radius 3 is 2.24 bits per heavy atom. The minimum atomic E-state index is -4.52. The van der Waals surface area contributed by atoms with Crippen LogP contribution in [-0.4, -0.2) is 33.1 Å². The van der Waals surface area contributed by atoms with E-state index in [1.54, 1.807) is 43.3 Å². The number of hydrogen-bond acceptors (Lipinski definition) is 10. The maximum Gasteiger partial charge on any atom is 0.294 e. The fraction of sp³-hybridized carbons (Fsp3) is 0.100. The maximum absolute atomic E-state index is 12.2. The van der Waals surface area contributed by atoms with Gasteiger partial charge < -0.3 is 10.4 Å². The van der Waals surface area contributed by atoms with E-state index in [9.17, 15) is 32.1 Å². The van der Waals surface area contributed by atoms with Gasteiger partial charge in [0, 0.05) is 11.8 Å². The number of azo groups is 1. The molecule has 3 aromatic carbocycles. The molecule has 0 saturated heterocycles. The minimum Gasteiger partial charge on any atom is -0.508 e. The van der Waals surface area contributed by atoms with Crippen LogP contribution in [0.15, 0.2) is 75.8 Å². The summed E-state index contributed by atoms with van der Waals surface area (Å²) in [6.45, 7) is 1.72. The van der Waals surface area contributed by atoms with Crippen LogP contribution in [0, 0.1) is 17.0 Å². The lowest BCUT2D eigenvalue weighted by molar-refractivity contribution is -0.384. The van der Waals surface area contributed by atoms with Crippen molar-refractivity contribution in [3.63, 3.8) is 0 Å². The first-order valence-corrected chi connectivity index (χ1v) is 12.8. The van der Waals surface area contributed by atoms with Gasteiger partial charge in [-0.2, -0.15) is 10.2 Å². The molecule has 0 aliphatic rings. The quantitative estimate of drug-likeness (QED) is 0.233. The Bertz CT molecular complexity index is 1500. The molecular formula is C20H19N5O7S2. The first-order valence-electron chi connectivity index (χ1n) is 9.44. The second-order valence-electron chi connectivity index (χ2n) is 7.14. The standard InChI is InChI=1S/C20H19N5O7S2/c1-13-10-16(6-9-20(13)26)23-22-15-5-3-4-14(11-15)21-18-8-7-17(12-19(18)25(27)28)34(31,32)24-33(2,29)30/h3-12,21,24,26H,1-2H3. The number of nitrogens with zero attached hydrogens (tertiary/aromatic N) is 3. The second kappa shape index (κ2) is 9.54. The Balaban J connectivity index is 1.88. The third-order valence-electron chi connectivity index (χ3n) is 4.32. The summed E-state index contributed by atoms with van der Waals surface area (Å²) in [6, 6.07) is 14.2. The first-order chi connectivity index (χ1) is 15.8. The largest absolute Gasteiger partial charge is 0.508 e. The van der Waals surface area contributed by atoms with Gasteiger partial charge in [-0.1, -0.05) is 6.07 Å². The highest BCUT2D eigenvalue weighted by Gasteiger charge is 2.24. The number of aryl methyl sites for hydroxylation is 1. The number of nitrogens with one attached hydrogen (secondary N) is 2. The molecule has 0 aromatic heterocycles. The van der Waals surface area contributed by atoms with Crippen LogP contribution < -0.4 is 9.44 Å². The monoisotopic (exact) mass is 505 g/mol. The molecule has 12 nitrogen and oxygen atoms in total. The predicted molar refractivity (Wildman–Crippen MR) is 125 cm³/mol. The zero-order chi connectivity index (χ0) is 25.1. The van der Waals surface area contributed by atoms with Gasteiger partial charge in [-0.25, -0.2) is 16.8 Å². The molecule has 0 aliphatic carbocycles. The lowest BCUT2D eigenvalue weighted by Crippen LogP contribution is -2.29. The van der Waals surface area contributed by atoms with Crippen molar-refractivity contribution in [3.05, 3.63) is 76.3 Å². The zero-order valence-corrected chi connectivity index (χ0v) is 19.5. The maximum atomic E-state index is 12.2. The van der Waals surface area contributed by atoms with E-state index in [4.69, 9.17) is 0 Å². The Labute approximate surface area is 195 Å². The van der Waals surface area contributed by atoms with Crippen LogP contribution in [0.5, 0.6) is 5.75 Å². The van der Waals surface area contributed by atoms with E-state index in [1.807, 2.05) is 0 Å². The fourth-order valence-corrected chi connectivity index (χ4v) is 5.29. The lowest BCUT2D eigenvalue weighted by Gasteiger charge is -2.10. The molecular weight excluding hydrogens is 486 g/mol. The number of benzene rings is 3. The van der Waals surface area contributed by atoms with Gasteiger partial charge in [0.05, 0.1) is 27.4 Å². The molecule has 3 rings (SSSR count). The summed E-state index contributed by atoms with van der Waals surface area (Å²) in [5.74, 6) is 0.137. The molecule has 14 heteroatoms. The summed E-state index contributed by atoms with van der Waals surface area (Å²) in [7, 11) is -8.63. The molecule has 34 heavy (non-hydrogen) atoms.